The van der Waals surface area contributed by atoms with Gasteiger partial charge in [0.05, 0.1) is 6.61 Å². The number of nitrogens with two attached hydrogens (primary N) is 1. The van der Waals surface area contributed by atoms with Crippen molar-refractivity contribution in [3.8, 4) is 6.01 Å². The molecule has 18 heavy (non-hydrogen) atoms. The van der Waals surface area contributed by atoms with Crippen molar-refractivity contribution in [3.63, 3.8) is 0 Å². The first-order valence-corrected chi connectivity index (χ1v) is 5.16. The molecule has 1 aromatic rings. The van der Waals surface area contributed by atoms with Gasteiger partial charge < -0.3 is 15.4 Å². The van der Waals surface area contributed by atoms with E-state index in [1.807, 2.05) is 0 Å². The maximum atomic E-state index is 11.9. The molecule has 0 aliphatic heterocycles. The van der Waals surface area contributed by atoms with Crippen molar-refractivity contribution in [1.82, 2.24) is 15.0 Å². The second kappa shape index (κ2) is 5.69. The minimum absolute atomic E-state index is 0.0421. The van der Waals surface area contributed by atoms with E-state index < -0.39 is 12.6 Å². The van der Waals surface area contributed by atoms with Crippen molar-refractivity contribution in [2.75, 3.05) is 31.3 Å². The Hall–Kier alpha value is -1.80. The molecule has 0 fully saturated rings. The number of nitrogens with zero attached hydrogens (tertiary/aromatic N) is 4. The average Bonchev–Trinajstić information content (AvgIpc) is 2.22. The van der Waals surface area contributed by atoms with Gasteiger partial charge in [-0.1, -0.05) is 0 Å². The Morgan fingerprint density at radius 1 is 1.22 bits per heavy atom. The van der Waals surface area contributed by atoms with E-state index in [0.29, 0.717) is 0 Å². The van der Waals surface area contributed by atoms with Gasteiger partial charge in [-0.2, -0.15) is 28.1 Å². The number of alkyl halides is 3. The number of rotatable bonds is 5. The molecule has 2 N–H and O–H groups in total. The summed E-state index contributed by atoms with van der Waals surface area (Å²) in [6.45, 7) is -0.129. The first kappa shape index (κ1) is 14.3. The van der Waals surface area contributed by atoms with Crippen molar-refractivity contribution in [2.45, 2.75) is 19.0 Å². The van der Waals surface area contributed by atoms with Crippen molar-refractivity contribution in [1.29, 1.82) is 0 Å². The summed E-state index contributed by atoms with van der Waals surface area (Å²) in [5.41, 5.74) is 5.42. The average molecular weight is 265 g/mol. The Morgan fingerprint density at radius 3 is 2.44 bits per heavy atom. The van der Waals surface area contributed by atoms with E-state index in [1.54, 1.807) is 19.0 Å². The van der Waals surface area contributed by atoms with Crippen molar-refractivity contribution in [2.24, 2.45) is 0 Å². The first-order chi connectivity index (χ1) is 8.28. The molecule has 0 saturated carbocycles. The molecule has 0 atom stereocenters. The molecule has 0 aliphatic carbocycles. The summed E-state index contributed by atoms with van der Waals surface area (Å²) in [5.74, 6) is 0.243. The zero-order valence-electron chi connectivity index (χ0n) is 10.0. The monoisotopic (exact) mass is 265 g/mol. The topological polar surface area (TPSA) is 77.2 Å². The van der Waals surface area contributed by atoms with Crippen LogP contribution in [0.4, 0.5) is 25.1 Å². The fourth-order valence-corrected chi connectivity index (χ4v) is 1.06. The molecule has 0 bridgehead atoms. The van der Waals surface area contributed by atoms with E-state index in [-0.39, 0.29) is 30.9 Å². The van der Waals surface area contributed by atoms with Gasteiger partial charge in [0.15, 0.2) is 0 Å². The van der Waals surface area contributed by atoms with Gasteiger partial charge in [0.25, 0.3) is 0 Å². The van der Waals surface area contributed by atoms with Gasteiger partial charge in [0.1, 0.15) is 0 Å². The predicted octanol–water partition coefficient (Wildman–Crippen LogP) is 1.24. The van der Waals surface area contributed by atoms with Crippen LogP contribution in [0.1, 0.15) is 12.8 Å². The molecule has 0 radical (unpaired) electrons. The summed E-state index contributed by atoms with van der Waals surface area (Å²) >= 11 is 0. The molecule has 9 heteroatoms. The largest absolute Gasteiger partial charge is 0.463 e. The SMILES string of the molecule is CN(C)c1nc(N)nc(OCCCC(F)(F)F)n1. The van der Waals surface area contributed by atoms with E-state index in [4.69, 9.17) is 10.5 Å². The third kappa shape index (κ3) is 5.02. The summed E-state index contributed by atoms with van der Waals surface area (Å²) < 4.78 is 40.7. The summed E-state index contributed by atoms with van der Waals surface area (Å²) in [5, 5.41) is 0. The van der Waals surface area contributed by atoms with E-state index in [1.165, 1.54) is 0 Å². The van der Waals surface area contributed by atoms with Gasteiger partial charge >= 0.3 is 12.2 Å². The van der Waals surface area contributed by atoms with Gasteiger partial charge in [0, 0.05) is 20.5 Å². The van der Waals surface area contributed by atoms with Crippen LogP contribution in [-0.2, 0) is 0 Å². The Kier molecular flexibility index (Phi) is 4.51. The molecule has 102 valence electrons. The number of hydrogen-bond donors (Lipinski definition) is 1. The highest BCUT2D eigenvalue weighted by atomic mass is 19.4. The smallest absolute Gasteiger partial charge is 0.389 e. The lowest BCUT2D eigenvalue weighted by atomic mass is 10.3. The van der Waals surface area contributed by atoms with Crippen LogP contribution >= 0.6 is 0 Å². The van der Waals surface area contributed by atoms with Crippen LogP contribution in [0.3, 0.4) is 0 Å². The molecule has 0 spiro atoms. The molecule has 0 aromatic carbocycles. The highest BCUT2D eigenvalue weighted by Gasteiger charge is 2.26. The molecule has 0 saturated heterocycles. The second-order valence-electron chi connectivity index (χ2n) is 3.74. The highest BCUT2D eigenvalue weighted by molar-refractivity contribution is 5.33. The van der Waals surface area contributed by atoms with Crippen LogP contribution in [0.2, 0.25) is 0 Å². The minimum atomic E-state index is -4.18. The predicted molar refractivity (Wildman–Crippen MR) is 59.4 cm³/mol. The van der Waals surface area contributed by atoms with E-state index in [0.717, 1.165) is 0 Å². The van der Waals surface area contributed by atoms with Crippen molar-refractivity contribution >= 4 is 11.9 Å². The normalized spacial score (nSPS) is 11.4. The number of nitrogen functional groups attached to an aromatic ring is 1. The van der Waals surface area contributed by atoms with Crippen LogP contribution in [0.5, 0.6) is 6.01 Å². The third-order valence-electron chi connectivity index (χ3n) is 1.86. The summed E-state index contributed by atoms with van der Waals surface area (Å²) in [6, 6.07) is -0.0756. The number of ether oxygens (including phenoxy) is 1. The zero-order valence-corrected chi connectivity index (χ0v) is 10.0. The van der Waals surface area contributed by atoms with Gasteiger partial charge in [-0.05, 0) is 6.42 Å². The number of halogens is 3. The number of hydrogen-bond acceptors (Lipinski definition) is 6. The van der Waals surface area contributed by atoms with Crippen LogP contribution < -0.4 is 15.4 Å². The molecule has 1 rings (SSSR count). The summed E-state index contributed by atoms with van der Waals surface area (Å²) in [4.78, 5) is 13.0. The highest BCUT2D eigenvalue weighted by Crippen LogP contribution is 2.21. The van der Waals surface area contributed by atoms with Crippen LogP contribution in [0, 0.1) is 0 Å². The van der Waals surface area contributed by atoms with Gasteiger partial charge in [-0.15, -0.1) is 0 Å². The lowest BCUT2D eigenvalue weighted by Gasteiger charge is -2.11. The maximum Gasteiger partial charge on any atom is 0.389 e. The Morgan fingerprint density at radius 2 is 1.89 bits per heavy atom. The quantitative estimate of drug-likeness (QED) is 0.807. The first-order valence-electron chi connectivity index (χ1n) is 5.16. The lowest BCUT2D eigenvalue weighted by molar-refractivity contribution is -0.136. The fraction of sp³-hybridized carbons (Fsp3) is 0.667. The van der Waals surface area contributed by atoms with Crippen LogP contribution in [-0.4, -0.2) is 41.8 Å². The Bertz CT molecular complexity index is 396. The van der Waals surface area contributed by atoms with Gasteiger partial charge in [-0.3, -0.25) is 0 Å². The molecule has 0 amide bonds. The second-order valence-corrected chi connectivity index (χ2v) is 3.74. The van der Waals surface area contributed by atoms with Gasteiger partial charge in [-0.25, -0.2) is 0 Å². The lowest BCUT2D eigenvalue weighted by Crippen LogP contribution is -2.16. The van der Waals surface area contributed by atoms with Gasteiger partial charge in [0.2, 0.25) is 11.9 Å². The van der Waals surface area contributed by atoms with Crippen molar-refractivity contribution < 1.29 is 17.9 Å². The number of anilines is 2. The molecule has 0 unspecified atom stereocenters. The molecule has 1 heterocycles. The fourth-order valence-electron chi connectivity index (χ4n) is 1.06. The molecular formula is C9H14F3N5O. The van der Waals surface area contributed by atoms with E-state index in [2.05, 4.69) is 15.0 Å². The number of aromatic nitrogens is 3. The molecule has 1 aromatic heterocycles. The zero-order chi connectivity index (χ0) is 13.8. The van der Waals surface area contributed by atoms with Crippen LogP contribution in [0.15, 0.2) is 0 Å². The Balaban J connectivity index is 2.52. The Labute approximate surface area is 102 Å². The maximum absolute atomic E-state index is 11.9. The third-order valence-corrected chi connectivity index (χ3v) is 1.86. The standard InChI is InChI=1S/C9H14F3N5O/c1-17(2)7-14-6(13)15-8(16-7)18-5-3-4-9(10,11)12/h3-5H2,1-2H3,(H2,13,14,15,16). The van der Waals surface area contributed by atoms with E-state index >= 15 is 0 Å². The van der Waals surface area contributed by atoms with Crippen LogP contribution in [0.25, 0.3) is 0 Å². The summed E-state index contributed by atoms with van der Waals surface area (Å²) in [6.07, 6.45) is -5.25. The van der Waals surface area contributed by atoms with E-state index in [9.17, 15) is 13.2 Å². The molecule has 0 aliphatic rings. The van der Waals surface area contributed by atoms with Crippen molar-refractivity contribution in [3.05, 3.63) is 0 Å². The minimum Gasteiger partial charge on any atom is -0.463 e. The molecular weight excluding hydrogens is 251 g/mol. The molecule has 6 nitrogen and oxygen atoms in total. The summed E-state index contributed by atoms with van der Waals surface area (Å²) in [7, 11) is 3.39.